The molecule has 14 heteroatoms. The van der Waals surface area contributed by atoms with Crippen LogP contribution in [0.3, 0.4) is 0 Å². The average molecular weight is 483 g/mol. The SMILES string of the molecule is CCS(=O)(=O)c1nn2c(NCCOC)ccnc2c1-c1nc2cc(C(F)(F)F)ncc2n1C. The number of halogens is 3. The van der Waals surface area contributed by atoms with Crippen molar-refractivity contribution in [2.75, 3.05) is 31.3 Å². The van der Waals surface area contributed by atoms with Crippen molar-refractivity contribution in [1.82, 2.24) is 29.1 Å². The molecule has 4 heterocycles. The van der Waals surface area contributed by atoms with Gasteiger partial charge in [0.1, 0.15) is 22.9 Å². The van der Waals surface area contributed by atoms with Crippen molar-refractivity contribution in [1.29, 1.82) is 0 Å². The summed E-state index contributed by atoms with van der Waals surface area (Å²) in [6.07, 6.45) is -2.11. The third-order valence-electron chi connectivity index (χ3n) is 5.05. The quantitative estimate of drug-likeness (QED) is 0.399. The summed E-state index contributed by atoms with van der Waals surface area (Å²) < 4.78 is 73.0. The minimum atomic E-state index is -4.64. The molecule has 4 rings (SSSR count). The van der Waals surface area contributed by atoms with Crippen molar-refractivity contribution in [3.8, 4) is 11.4 Å². The lowest BCUT2D eigenvalue weighted by molar-refractivity contribution is -0.141. The third-order valence-corrected chi connectivity index (χ3v) is 6.69. The molecule has 0 saturated heterocycles. The first-order valence-corrected chi connectivity index (χ1v) is 11.5. The number of alkyl halides is 3. The standard InChI is InChI=1S/C19H20F3N7O3S/c1-4-33(30,31)18-15(16-24-6-5-14(29(16)27-18)23-7-8-32-3)17-26-11-9-13(19(20,21)22)25-10-12(11)28(17)2/h5-6,9-10,23H,4,7-8H2,1-3H3. The maximum atomic E-state index is 13.1. The molecule has 0 radical (unpaired) electrons. The first-order valence-electron chi connectivity index (χ1n) is 9.81. The number of sulfone groups is 1. The summed E-state index contributed by atoms with van der Waals surface area (Å²) in [5.74, 6) is 0.338. The zero-order chi connectivity index (χ0) is 24.0. The number of nitrogens with one attached hydrogen (secondary N) is 1. The second-order valence-corrected chi connectivity index (χ2v) is 9.31. The predicted molar refractivity (Wildman–Crippen MR) is 114 cm³/mol. The molecule has 4 aromatic heterocycles. The molecule has 0 amide bonds. The number of hydrogen-bond acceptors (Lipinski definition) is 8. The number of pyridine rings is 1. The van der Waals surface area contributed by atoms with Gasteiger partial charge in [-0.3, -0.25) is 0 Å². The van der Waals surface area contributed by atoms with Crippen LogP contribution in [0.2, 0.25) is 0 Å². The maximum absolute atomic E-state index is 13.1. The molecule has 0 aliphatic heterocycles. The van der Waals surface area contributed by atoms with Crippen LogP contribution in [0.1, 0.15) is 12.6 Å². The van der Waals surface area contributed by atoms with Crippen molar-refractivity contribution in [3.63, 3.8) is 0 Å². The highest BCUT2D eigenvalue weighted by Gasteiger charge is 2.34. The van der Waals surface area contributed by atoms with Gasteiger partial charge in [-0.05, 0) is 12.1 Å². The highest BCUT2D eigenvalue weighted by atomic mass is 32.2. The summed E-state index contributed by atoms with van der Waals surface area (Å²) in [6.45, 7) is 2.30. The van der Waals surface area contributed by atoms with Gasteiger partial charge < -0.3 is 14.6 Å². The fraction of sp³-hybridized carbons (Fsp3) is 0.368. The number of aryl methyl sites for hydroxylation is 1. The molecule has 0 bridgehead atoms. The summed E-state index contributed by atoms with van der Waals surface area (Å²) in [5, 5.41) is 7.12. The Bertz CT molecular complexity index is 1440. The van der Waals surface area contributed by atoms with Crippen LogP contribution >= 0.6 is 0 Å². The molecule has 0 aliphatic carbocycles. The first-order chi connectivity index (χ1) is 15.6. The summed E-state index contributed by atoms with van der Waals surface area (Å²) >= 11 is 0. The van der Waals surface area contributed by atoms with Gasteiger partial charge in [-0.25, -0.2) is 23.4 Å². The predicted octanol–water partition coefficient (Wildman–Crippen LogP) is 2.55. The second kappa shape index (κ2) is 8.26. The Hall–Kier alpha value is -3.26. The number of rotatable bonds is 7. The zero-order valence-corrected chi connectivity index (χ0v) is 18.7. The summed E-state index contributed by atoms with van der Waals surface area (Å²) in [4.78, 5) is 12.1. The van der Waals surface area contributed by atoms with Gasteiger partial charge in [-0.15, -0.1) is 0 Å². The van der Waals surface area contributed by atoms with Crippen LogP contribution in [-0.4, -0.2) is 63.6 Å². The molecule has 0 saturated carbocycles. The fourth-order valence-corrected chi connectivity index (χ4v) is 4.33. The van der Waals surface area contributed by atoms with Crippen LogP contribution in [0.4, 0.5) is 19.0 Å². The van der Waals surface area contributed by atoms with E-state index >= 15 is 0 Å². The number of methoxy groups -OCH3 is 1. The van der Waals surface area contributed by atoms with Crippen LogP contribution in [0.5, 0.6) is 0 Å². The van der Waals surface area contributed by atoms with E-state index in [2.05, 4.69) is 25.4 Å². The first kappa shape index (κ1) is 22.9. The number of hydrogen-bond donors (Lipinski definition) is 1. The van der Waals surface area contributed by atoms with Gasteiger partial charge >= 0.3 is 6.18 Å². The normalized spacial score (nSPS) is 12.7. The highest BCUT2D eigenvalue weighted by Crippen LogP contribution is 2.35. The second-order valence-electron chi connectivity index (χ2n) is 7.12. The Morgan fingerprint density at radius 3 is 2.67 bits per heavy atom. The fourth-order valence-electron chi connectivity index (χ4n) is 3.36. The Labute approximate surface area is 186 Å². The highest BCUT2D eigenvalue weighted by molar-refractivity contribution is 7.91. The summed E-state index contributed by atoms with van der Waals surface area (Å²) in [7, 11) is -0.730. The molecular formula is C19H20F3N7O3S. The Morgan fingerprint density at radius 2 is 2.00 bits per heavy atom. The Kier molecular flexibility index (Phi) is 5.74. The number of nitrogens with zero attached hydrogens (tertiary/aromatic N) is 6. The van der Waals surface area contributed by atoms with Crippen molar-refractivity contribution in [2.24, 2.45) is 7.05 Å². The number of anilines is 1. The molecule has 0 atom stereocenters. The van der Waals surface area contributed by atoms with Gasteiger partial charge in [0.25, 0.3) is 0 Å². The Morgan fingerprint density at radius 1 is 1.24 bits per heavy atom. The number of ether oxygens (including phenoxy) is 1. The monoisotopic (exact) mass is 483 g/mol. The lowest BCUT2D eigenvalue weighted by atomic mass is 10.3. The van der Waals surface area contributed by atoms with Gasteiger partial charge in [0, 0.05) is 26.9 Å². The van der Waals surface area contributed by atoms with Crippen LogP contribution in [0, 0.1) is 0 Å². The van der Waals surface area contributed by atoms with Crippen molar-refractivity contribution in [3.05, 3.63) is 30.2 Å². The van der Waals surface area contributed by atoms with E-state index in [9.17, 15) is 21.6 Å². The van der Waals surface area contributed by atoms with Crippen LogP contribution in [0.15, 0.2) is 29.6 Å². The van der Waals surface area contributed by atoms with E-state index in [4.69, 9.17) is 4.74 Å². The average Bonchev–Trinajstić information content (AvgIpc) is 3.32. The van der Waals surface area contributed by atoms with Gasteiger partial charge in [0.15, 0.2) is 20.5 Å². The van der Waals surface area contributed by atoms with Crippen molar-refractivity contribution in [2.45, 2.75) is 18.1 Å². The molecule has 0 unspecified atom stereocenters. The van der Waals surface area contributed by atoms with E-state index in [1.807, 2.05) is 0 Å². The smallest absolute Gasteiger partial charge is 0.383 e. The lowest BCUT2D eigenvalue weighted by Gasteiger charge is -2.07. The molecule has 33 heavy (non-hydrogen) atoms. The molecule has 0 fully saturated rings. The van der Waals surface area contributed by atoms with E-state index in [0.29, 0.717) is 24.5 Å². The zero-order valence-electron chi connectivity index (χ0n) is 17.9. The molecule has 4 aromatic rings. The summed E-state index contributed by atoms with van der Waals surface area (Å²) in [5.41, 5.74) is -0.495. The molecule has 0 spiro atoms. The van der Waals surface area contributed by atoms with Gasteiger partial charge in [-0.2, -0.15) is 22.8 Å². The van der Waals surface area contributed by atoms with Gasteiger partial charge in [0.2, 0.25) is 0 Å². The lowest BCUT2D eigenvalue weighted by Crippen LogP contribution is -2.11. The topological polar surface area (TPSA) is 116 Å². The summed E-state index contributed by atoms with van der Waals surface area (Å²) in [6, 6.07) is 2.44. The van der Waals surface area contributed by atoms with Gasteiger partial charge in [-0.1, -0.05) is 6.92 Å². The van der Waals surface area contributed by atoms with E-state index in [-0.39, 0.29) is 33.3 Å². The molecule has 1 N–H and O–H groups in total. The molecule has 10 nitrogen and oxygen atoms in total. The van der Waals surface area contributed by atoms with E-state index in [0.717, 1.165) is 12.3 Å². The third kappa shape index (κ3) is 3.99. The van der Waals surface area contributed by atoms with Crippen molar-refractivity contribution < 1.29 is 26.3 Å². The number of aromatic nitrogens is 6. The minimum Gasteiger partial charge on any atom is -0.383 e. The van der Waals surface area contributed by atoms with E-state index in [1.165, 1.54) is 22.2 Å². The van der Waals surface area contributed by atoms with Crippen LogP contribution in [-0.2, 0) is 27.8 Å². The van der Waals surface area contributed by atoms with Crippen LogP contribution < -0.4 is 5.32 Å². The number of imidazole rings is 1. The van der Waals surface area contributed by atoms with Crippen LogP contribution in [0.25, 0.3) is 28.1 Å². The Balaban J connectivity index is 2.00. The van der Waals surface area contributed by atoms with Crippen molar-refractivity contribution >= 4 is 32.3 Å². The maximum Gasteiger partial charge on any atom is 0.433 e. The van der Waals surface area contributed by atoms with Gasteiger partial charge in [0.05, 0.1) is 29.6 Å². The molecular weight excluding hydrogens is 463 g/mol. The molecule has 176 valence electrons. The van der Waals surface area contributed by atoms with E-state index < -0.39 is 21.7 Å². The molecule has 0 aliphatic rings. The molecule has 0 aromatic carbocycles. The van der Waals surface area contributed by atoms with E-state index in [1.54, 1.807) is 20.2 Å². The minimum absolute atomic E-state index is 0.0170. The number of fused-ring (bicyclic) bond motifs is 2. The largest absolute Gasteiger partial charge is 0.433 e.